The van der Waals surface area contributed by atoms with Gasteiger partial charge in [-0.2, -0.15) is 0 Å². The molecule has 2 aromatic carbocycles. The van der Waals surface area contributed by atoms with Crippen LogP contribution in [-0.4, -0.2) is 39.3 Å². The molecule has 0 bridgehead atoms. The summed E-state index contributed by atoms with van der Waals surface area (Å²) in [6.07, 6.45) is 1.17. The zero-order valence-corrected chi connectivity index (χ0v) is 15.0. The third-order valence-electron chi connectivity index (χ3n) is 4.31. The second-order valence-electron chi connectivity index (χ2n) is 6.00. The molecule has 3 rings (SSSR count). The Morgan fingerprint density at radius 2 is 1.72 bits per heavy atom. The number of hydrogen-bond acceptors (Lipinski definition) is 5. The molecule has 0 fully saturated rings. The van der Waals surface area contributed by atoms with E-state index < -0.39 is 9.84 Å². The smallest absolute Gasteiger partial charge is 0.254 e. The molecular formula is C18H19NO5S. The predicted octanol–water partition coefficient (Wildman–Crippen LogP) is 2.65. The molecule has 1 unspecified atom stereocenters. The summed E-state index contributed by atoms with van der Waals surface area (Å²) in [5.74, 6) is 1.03. The molecule has 0 saturated carbocycles. The van der Waals surface area contributed by atoms with Gasteiger partial charge in [0.2, 0.25) is 6.79 Å². The molecule has 0 saturated heterocycles. The van der Waals surface area contributed by atoms with Crippen LogP contribution in [-0.2, 0) is 9.84 Å². The summed E-state index contributed by atoms with van der Waals surface area (Å²) >= 11 is 0. The summed E-state index contributed by atoms with van der Waals surface area (Å²) in [6.45, 7) is 2.05. The fraction of sp³-hybridized carbons (Fsp3) is 0.278. The molecule has 1 aliphatic rings. The minimum absolute atomic E-state index is 0.155. The molecule has 0 N–H and O–H groups in total. The van der Waals surface area contributed by atoms with Crippen molar-refractivity contribution < 1.29 is 22.7 Å². The maximum absolute atomic E-state index is 12.7. The molecule has 0 aliphatic carbocycles. The largest absolute Gasteiger partial charge is 0.454 e. The average molecular weight is 361 g/mol. The van der Waals surface area contributed by atoms with Crippen LogP contribution in [0.25, 0.3) is 0 Å². The van der Waals surface area contributed by atoms with Crippen molar-refractivity contribution in [3.8, 4) is 11.5 Å². The Labute approximate surface area is 146 Å². The Bertz CT molecular complexity index is 906. The van der Waals surface area contributed by atoms with Gasteiger partial charge in [0.25, 0.3) is 5.91 Å². The van der Waals surface area contributed by atoms with Crippen LogP contribution < -0.4 is 9.47 Å². The number of rotatable bonds is 4. The third kappa shape index (κ3) is 3.46. The first-order chi connectivity index (χ1) is 11.8. The van der Waals surface area contributed by atoms with E-state index in [1.807, 2.05) is 6.92 Å². The highest BCUT2D eigenvalue weighted by Gasteiger charge is 2.22. The molecule has 0 aromatic heterocycles. The fourth-order valence-electron chi connectivity index (χ4n) is 2.63. The van der Waals surface area contributed by atoms with Crippen LogP contribution in [0.3, 0.4) is 0 Å². The number of nitrogens with zero attached hydrogens (tertiary/aromatic N) is 1. The Hall–Kier alpha value is -2.54. The van der Waals surface area contributed by atoms with Gasteiger partial charge in [-0.05, 0) is 42.8 Å². The van der Waals surface area contributed by atoms with Crippen LogP contribution in [0.4, 0.5) is 0 Å². The average Bonchev–Trinajstić information content (AvgIpc) is 3.06. The van der Waals surface area contributed by atoms with Crippen LogP contribution in [0.2, 0.25) is 0 Å². The van der Waals surface area contributed by atoms with E-state index >= 15 is 0 Å². The van der Waals surface area contributed by atoms with Gasteiger partial charge in [0.1, 0.15) is 0 Å². The van der Waals surface area contributed by atoms with Crippen molar-refractivity contribution in [2.24, 2.45) is 0 Å². The van der Waals surface area contributed by atoms with Crippen molar-refractivity contribution in [3.63, 3.8) is 0 Å². The van der Waals surface area contributed by atoms with Crippen molar-refractivity contribution in [1.82, 2.24) is 4.90 Å². The summed E-state index contributed by atoms with van der Waals surface area (Å²) in [4.78, 5) is 14.6. The lowest BCUT2D eigenvalue weighted by Gasteiger charge is -2.25. The fourth-order valence-corrected chi connectivity index (χ4v) is 3.26. The summed E-state index contributed by atoms with van der Waals surface area (Å²) < 4.78 is 33.7. The van der Waals surface area contributed by atoms with Gasteiger partial charge in [0, 0.05) is 18.9 Å². The molecule has 25 heavy (non-hydrogen) atoms. The van der Waals surface area contributed by atoms with Gasteiger partial charge in [-0.15, -0.1) is 0 Å². The van der Waals surface area contributed by atoms with Crippen LogP contribution in [0.15, 0.2) is 47.4 Å². The van der Waals surface area contributed by atoms with Crippen LogP contribution >= 0.6 is 0 Å². The van der Waals surface area contributed by atoms with Crippen LogP contribution in [0.1, 0.15) is 28.9 Å². The third-order valence-corrected chi connectivity index (χ3v) is 5.44. The highest BCUT2D eigenvalue weighted by atomic mass is 32.2. The van der Waals surface area contributed by atoms with Gasteiger partial charge in [-0.25, -0.2) is 8.42 Å². The predicted molar refractivity (Wildman–Crippen MR) is 92.6 cm³/mol. The maximum Gasteiger partial charge on any atom is 0.254 e. The molecule has 1 amide bonds. The summed E-state index contributed by atoms with van der Waals surface area (Å²) in [7, 11) is -1.53. The van der Waals surface area contributed by atoms with E-state index in [4.69, 9.17) is 9.47 Å². The van der Waals surface area contributed by atoms with E-state index in [1.165, 1.54) is 6.26 Å². The minimum atomic E-state index is -3.24. The Balaban J connectivity index is 1.79. The standard InChI is InChI=1S/C18H19NO5S/c1-12(13-4-7-15(8-5-13)25(3,21)22)19(2)18(20)14-6-9-16-17(10-14)24-11-23-16/h4-10,12H,11H2,1-3H3. The molecule has 0 spiro atoms. The molecular weight excluding hydrogens is 342 g/mol. The quantitative estimate of drug-likeness (QED) is 0.837. The molecule has 132 valence electrons. The molecule has 2 aromatic rings. The molecule has 7 heteroatoms. The number of fused-ring (bicyclic) bond motifs is 1. The maximum atomic E-state index is 12.7. The number of ether oxygens (including phenoxy) is 2. The summed E-state index contributed by atoms with van der Waals surface area (Å²) in [5.41, 5.74) is 1.36. The molecule has 0 radical (unpaired) electrons. The highest BCUT2D eigenvalue weighted by Crippen LogP contribution is 2.33. The van der Waals surface area contributed by atoms with E-state index in [9.17, 15) is 13.2 Å². The summed E-state index contributed by atoms with van der Waals surface area (Å²) in [5, 5.41) is 0. The number of benzene rings is 2. The molecule has 1 atom stereocenters. The Morgan fingerprint density at radius 3 is 2.36 bits per heavy atom. The monoisotopic (exact) mass is 361 g/mol. The molecule has 1 heterocycles. The van der Waals surface area contributed by atoms with Crippen molar-refractivity contribution in [2.75, 3.05) is 20.1 Å². The Morgan fingerprint density at radius 1 is 1.08 bits per heavy atom. The number of hydrogen-bond donors (Lipinski definition) is 0. The van der Waals surface area contributed by atoms with Crippen LogP contribution in [0, 0.1) is 0 Å². The zero-order chi connectivity index (χ0) is 18.2. The van der Waals surface area contributed by atoms with Gasteiger partial charge in [-0.3, -0.25) is 4.79 Å². The topological polar surface area (TPSA) is 72.9 Å². The lowest BCUT2D eigenvalue weighted by Crippen LogP contribution is -2.29. The number of carbonyl (C=O) groups is 1. The highest BCUT2D eigenvalue weighted by molar-refractivity contribution is 7.90. The van der Waals surface area contributed by atoms with E-state index in [1.54, 1.807) is 54.4 Å². The minimum Gasteiger partial charge on any atom is -0.454 e. The van der Waals surface area contributed by atoms with Gasteiger partial charge in [0.15, 0.2) is 21.3 Å². The normalized spacial score (nSPS) is 14.2. The lowest BCUT2D eigenvalue weighted by atomic mass is 10.1. The van der Waals surface area contributed by atoms with Gasteiger partial charge >= 0.3 is 0 Å². The first-order valence-corrected chi connectivity index (χ1v) is 9.63. The second-order valence-corrected chi connectivity index (χ2v) is 8.02. The van der Waals surface area contributed by atoms with E-state index in [0.29, 0.717) is 17.1 Å². The van der Waals surface area contributed by atoms with Crippen molar-refractivity contribution in [1.29, 1.82) is 0 Å². The van der Waals surface area contributed by atoms with Crippen molar-refractivity contribution in [3.05, 3.63) is 53.6 Å². The zero-order valence-electron chi connectivity index (χ0n) is 14.2. The first-order valence-electron chi connectivity index (χ1n) is 7.74. The van der Waals surface area contributed by atoms with E-state index in [0.717, 1.165) is 5.56 Å². The van der Waals surface area contributed by atoms with Gasteiger partial charge in [-0.1, -0.05) is 12.1 Å². The van der Waals surface area contributed by atoms with Gasteiger partial charge in [0.05, 0.1) is 10.9 Å². The number of carbonyl (C=O) groups excluding carboxylic acids is 1. The van der Waals surface area contributed by atoms with E-state index in [2.05, 4.69) is 0 Å². The number of sulfone groups is 1. The van der Waals surface area contributed by atoms with Crippen LogP contribution in [0.5, 0.6) is 11.5 Å². The number of amides is 1. The van der Waals surface area contributed by atoms with Gasteiger partial charge < -0.3 is 14.4 Å². The van der Waals surface area contributed by atoms with Crippen molar-refractivity contribution in [2.45, 2.75) is 17.9 Å². The van der Waals surface area contributed by atoms with Crippen molar-refractivity contribution >= 4 is 15.7 Å². The first kappa shape index (κ1) is 17.3. The van der Waals surface area contributed by atoms with E-state index in [-0.39, 0.29) is 23.6 Å². The second kappa shape index (κ2) is 6.40. The Kier molecular flexibility index (Phi) is 4.43. The SMILES string of the molecule is CC(c1ccc(S(C)(=O)=O)cc1)N(C)C(=O)c1ccc2c(c1)OCO2. The molecule has 1 aliphatic heterocycles. The summed E-state index contributed by atoms with van der Waals surface area (Å²) in [6, 6.07) is 11.4. The molecule has 6 nitrogen and oxygen atoms in total. The lowest BCUT2D eigenvalue weighted by molar-refractivity contribution is 0.0742.